The number of hydrogen-bond acceptors (Lipinski definition) is 18. The minimum Gasteiger partial charge on any atom is -0.444 e. The molecule has 2 amide bonds. The van der Waals surface area contributed by atoms with Crippen LogP contribution in [0.1, 0.15) is 96.6 Å². The first-order valence-electron chi connectivity index (χ1n) is 25.3. The van der Waals surface area contributed by atoms with Crippen molar-refractivity contribution in [1.82, 2.24) is 34.8 Å². The number of aliphatic hydroxyl groups is 1. The molecule has 434 valence electrons. The van der Waals surface area contributed by atoms with Crippen molar-refractivity contribution in [3.8, 4) is 22.0 Å². The predicted molar refractivity (Wildman–Crippen MR) is 293 cm³/mol. The third kappa shape index (κ3) is 32.3. The van der Waals surface area contributed by atoms with Gasteiger partial charge in [-0.3, -0.25) is 14.3 Å². The molecule has 77 heavy (non-hydrogen) atoms. The summed E-state index contributed by atoms with van der Waals surface area (Å²) in [6, 6.07) is 1.97. The monoisotopic (exact) mass is 1130 g/mol. The zero-order chi connectivity index (χ0) is 57.3. The molecule has 4 heterocycles. The van der Waals surface area contributed by atoms with E-state index in [2.05, 4.69) is 44.0 Å². The molecule has 20 nitrogen and oxygen atoms in total. The zero-order valence-electron chi connectivity index (χ0n) is 46.0. The van der Waals surface area contributed by atoms with Gasteiger partial charge in [0.05, 0.1) is 104 Å². The molecule has 25 heteroatoms. The maximum absolute atomic E-state index is 14.8. The number of alkyl carbamates (subject to hydrolysis) is 1. The molecule has 0 atom stereocenters. The fraction of sp³-hybridized carbons (Fsp3) is 0.596. The number of halogens is 3. The molecule has 0 unspecified atom stereocenters. The largest absolute Gasteiger partial charge is 0.444 e. The molecule has 1 saturated carbocycles. The Labute approximate surface area is 459 Å². The standard InChI is InChI=1S/C42H58F2N8O11S.C4H5F.C2H6O.C2H6S.C2H6/c1-42(2,3)63-41(55)45-12-14-57-16-18-59-20-22-61-24-23-60-21-19-58-17-15-56-13-11-36(53)62-29-51-26-30(25-46-51)40-48-34(28-64-40)39(54)47-33-27-52(31-7-5-4-6-8-31)50-38(33)37-32(43)9-10-35(44)49-37;1-3-4(2)5;1-2-3;1-3-2;1-2/h9-10,25-28,31H,4-8,11-24,29H2,1-3H3,(H,45,55)(H,47,54);3H,1-2H2;3H,2H2,1H3;1-2H3;1-2H3. The Bertz CT molecular complexity index is 2240. The Morgan fingerprint density at radius 1 is 0.857 bits per heavy atom. The van der Waals surface area contributed by atoms with Gasteiger partial charge in [0.1, 0.15) is 33.5 Å². The van der Waals surface area contributed by atoms with Crippen molar-refractivity contribution in [3.63, 3.8) is 0 Å². The highest BCUT2D eigenvalue weighted by atomic mass is 32.2. The van der Waals surface area contributed by atoms with Gasteiger partial charge < -0.3 is 53.6 Å². The number of rotatable bonds is 29. The number of carbonyl (C=O) groups excluding carboxylic acids is 3. The second kappa shape index (κ2) is 42.7. The summed E-state index contributed by atoms with van der Waals surface area (Å²) in [7, 11) is 0. The van der Waals surface area contributed by atoms with Crippen LogP contribution < -0.4 is 10.6 Å². The Hall–Kier alpha value is -5.25. The first kappa shape index (κ1) is 69.8. The highest BCUT2D eigenvalue weighted by Crippen LogP contribution is 2.34. The minimum absolute atomic E-state index is 0.0309. The number of aromatic nitrogens is 6. The highest BCUT2D eigenvalue weighted by molar-refractivity contribution is 7.97. The van der Waals surface area contributed by atoms with E-state index in [9.17, 15) is 27.6 Å². The number of thioether (sulfide) groups is 1. The maximum Gasteiger partial charge on any atom is 0.407 e. The number of hydrogen-bond donors (Lipinski definition) is 3. The van der Waals surface area contributed by atoms with Crippen molar-refractivity contribution in [2.45, 2.75) is 98.4 Å². The zero-order valence-corrected chi connectivity index (χ0v) is 47.6. The summed E-state index contributed by atoms with van der Waals surface area (Å²) in [6.07, 6.45) is 14.5. The summed E-state index contributed by atoms with van der Waals surface area (Å²) in [5, 5.41) is 23.8. The van der Waals surface area contributed by atoms with Crippen molar-refractivity contribution in [2.24, 2.45) is 0 Å². The number of nitrogens with one attached hydrogen (secondary N) is 2. The van der Waals surface area contributed by atoms with Gasteiger partial charge in [-0.15, -0.1) is 11.3 Å². The molecule has 1 aliphatic rings. The number of nitrogens with zero attached hydrogens (tertiary/aromatic N) is 6. The van der Waals surface area contributed by atoms with E-state index >= 15 is 0 Å². The van der Waals surface area contributed by atoms with Crippen LogP contribution in [0.15, 0.2) is 61.2 Å². The summed E-state index contributed by atoms with van der Waals surface area (Å²) in [5.74, 6) is -3.14. The van der Waals surface area contributed by atoms with Crippen LogP contribution in [0.25, 0.3) is 22.0 Å². The smallest absolute Gasteiger partial charge is 0.407 e. The molecule has 0 spiro atoms. The van der Waals surface area contributed by atoms with E-state index in [1.807, 2.05) is 26.4 Å². The van der Waals surface area contributed by atoms with Crippen LogP contribution in [0.4, 0.5) is 23.7 Å². The predicted octanol–water partition coefficient (Wildman–Crippen LogP) is 9.48. The molecule has 5 rings (SSSR count). The normalized spacial score (nSPS) is 12.0. The van der Waals surface area contributed by atoms with Gasteiger partial charge in [0.2, 0.25) is 5.95 Å². The van der Waals surface area contributed by atoms with Gasteiger partial charge >= 0.3 is 12.1 Å². The second-order valence-corrected chi connectivity index (χ2v) is 18.4. The lowest BCUT2D eigenvalue weighted by Crippen LogP contribution is -2.34. The van der Waals surface area contributed by atoms with Crippen LogP contribution in [0.2, 0.25) is 0 Å². The molecule has 0 aliphatic heterocycles. The van der Waals surface area contributed by atoms with Crippen molar-refractivity contribution in [2.75, 3.05) is 110 Å². The van der Waals surface area contributed by atoms with E-state index in [4.69, 9.17) is 43.0 Å². The second-order valence-electron chi connectivity index (χ2n) is 16.8. The average Bonchev–Trinajstić information content (AvgIpc) is 4.19. The lowest BCUT2D eigenvalue weighted by atomic mass is 9.96. The van der Waals surface area contributed by atoms with Crippen LogP contribution in [-0.2, 0) is 49.4 Å². The number of allylic oxidation sites excluding steroid dienone is 2. The first-order chi connectivity index (χ1) is 37.0. The third-order valence-corrected chi connectivity index (χ3v) is 10.3. The van der Waals surface area contributed by atoms with Crippen molar-refractivity contribution >= 4 is 46.8 Å². The summed E-state index contributed by atoms with van der Waals surface area (Å²) < 4.78 is 86.3. The highest BCUT2D eigenvalue weighted by Gasteiger charge is 2.25. The molecule has 0 aromatic carbocycles. The Morgan fingerprint density at radius 2 is 1.39 bits per heavy atom. The fourth-order valence-corrected chi connectivity index (χ4v) is 6.90. The van der Waals surface area contributed by atoms with E-state index in [-0.39, 0.29) is 55.2 Å². The van der Waals surface area contributed by atoms with Gasteiger partial charge in [0.15, 0.2) is 12.5 Å². The fourth-order valence-electron chi connectivity index (χ4n) is 6.12. The van der Waals surface area contributed by atoms with Crippen LogP contribution in [0, 0.1) is 11.8 Å². The molecule has 4 aromatic rings. The number of carbonyl (C=O) groups is 3. The Kier molecular flexibility index (Phi) is 38.7. The molecule has 3 N–H and O–H groups in total. The van der Waals surface area contributed by atoms with Crippen LogP contribution >= 0.6 is 23.1 Å². The quantitative estimate of drug-likeness (QED) is 0.0199. The van der Waals surface area contributed by atoms with E-state index in [0.29, 0.717) is 89.8 Å². The molecule has 1 fully saturated rings. The molecule has 0 saturated heterocycles. The van der Waals surface area contributed by atoms with Crippen molar-refractivity contribution in [1.29, 1.82) is 0 Å². The Morgan fingerprint density at radius 3 is 1.92 bits per heavy atom. The van der Waals surface area contributed by atoms with Crippen molar-refractivity contribution < 1.29 is 70.6 Å². The molecule has 1 aliphatic carbocycles. The van der Waals surface area contributed by atoms with E-state index in [0.717, 1.165) is 50.3 Å². The summed E-state index contributed by atoms with van der Waals surface area (Å²) in [6.45, 7) is 22.0. The summed E-state index contributed by atoms with van der Waals surface area (Å²) >= 11 is 2.96. The van der Waals surface area contributed by atoms with E-state index in [1.54, 1.807) is 61.9 Å². The molecule has 0 radical (unpaired) electrons. The van der Waals surface area contributed by atoms with Gasteiger partial charge in [-0.05, 0) is 71.3 Å². The van der Waals surface area contributed by atoms with Crippen LogP contribution in [-0.4, -0.2) is 163 Å². The lowest BCUT2D eigenvalue weighted by Gasteiger charge is -2.21. The lowest BCUT2D eigenvalue weighted by molar-refractivity contribution is -0.149. The van der Waals surface area contributed by atoms with Crippen LogP contribution in [0.5, 0.6) is 0 Å². The minimum atomic E-state index is -0.866. The molecule has 4 aromatic heterocycles. The van der Waals surface area contributed by atoms with E-state index in [1.165, 1.54) is 22.2 Å². The average molecular weight is 1130 g/mol. The van der Waals surface area contributed by atoms with E-state index < -0.39 is 41.2 Å². The van der Waals surface area contributed by atoms with Crippen molar-refractivity contribution in [3.05, 3.63) is 78.6 Å². The number of esters is 1. The van der Waals surface area contributed by atoms with Gasteiger partial charge in [-0.1, -0.05) is 46.3 Å². The van der Waals surface area contributed by atoms with Crippen LogP contribution in [0.3, 0.4) is 0 Å². The maximum atomic E-state index is 14.8. The first-order valence-corrected chi connectivity index (χ1v) is 27.8. The number of anilines is 1. The molecular formula is C52H81F3N8O12S2. The third-order valence-electron chi connectivity index (χ3n) is 9.39. The number of aliphatic hydroxyl groups excluding tert-OH is 1. The van der Waals surface area contributed by atoms with Gasteiger partial charge in [0, 0.05) is 36.5 Å². The number of pyridine rings is 1. The number of thiazole rings is 1. The number of ether oxygens (including phenoxy) is 8. The topological polar surface area (TPSA) is 231 Å². The molecule has 0 bridgehead atoms. The summed E-state index contributed by atoms with van der Waals surface area (Å²) in [4.78, 5) is 45.3. The Balaban J connectivity index is 0.00000206. The summed E-state index contributed by atoms with van der Waals surface area (Å²) in [5.41, 5.74) is 0.0964. The van der Waals surface area contributed by atoms with Gasteiger partial charge in [0.25, 0.3) is 5.91 Å². The molecular weight excluding hydrogens is 1050 g/mol. The van der Waals surface area contributed by atoms with Gasteiger partial charge in [-0.25, -0.2) is 28.2 Å². The SMILES string of the molecule is C=CC(=C)F.CC.CC(C)(C)OC(=O)NCCOCCOCCOCCOCCOCCOCCC(=O)OCn1cc(-c2nc(C(=O)Nc3cn(C4CCCCC4)nc3-c3nc(F)ccc3F)cs2)cn1.CCO.CSC. The number of amides is 2. The van der Waals surface area contributed by atoms with Gasteiger partial charge in [-0.2, -0.15) is 26.3 Å².